The number of nitrogens with two attached hydrogens (primary N) is 1. The summed E-state index contributed by atoms with van der Waals surface area (Å²) >= 11 is 0. The lowest BCUT2D eigenvalue weighted by atomic mass is 10.1. The van der Waals surface area contributed by atoms with Crippen molar-refractivity contribution in [3.05, 3.63) is 87.7 Å². The third kappa shape index (κ3) is 3.58. The summed E-state index contributed by atoms with van der Waals surface area (Å²) in [5.74, 6) is -1.60. The van der Waals surface area contributed by atoms with Crippen molar-refractivity contribution in [2.24, 2.45) is 0 Å². The Morgan fingerprint density at radius 3 is 2.50 bits per heavy atom. The largest absolute Gasteiger partial charge is 0.384 e. The summed E-state index contributed by atoms with van der Waals surface area (Å²) in [6.45, 7) is 0. The van der Waals surface area contributed by atoms with Crippen LogP contribution in [0.25, 0.3) is 5.69 Å². The Bertz CT molecular complexity index is 1230. The fourth-order valence-electron chi connectivity index (χ4n) is 3.39. The number of nitrogen functional groups attached to an aromatic ring is 1. The average molecular weight is 402 g/mol. The van der Waals surface area contributed by atoms with Crippen molar-refractivity contribution in [1.29, 1.82) is 0 Å². The molecular formula is C22H18N4O4. The van der Waals surface area contributed by atoms with E-state index in [1.54, 1.807) is 24.3 Å². The van der Waals surface area contributed by atoms with Crippen molar-refractivity contribution in [2.45, 2.75) is 12.8 Å². The highest BCUT2D eigenvalue weighted by Crippen LogP contribution is 2.24. The van der Waals surface area contributed by atoms with Gasteiger partial charge in [0, 0.05) is 18.2 Å². The highest BCUT2D eigenvalue weighted by atomic mass is 16.2. The number of imide groups is 1. The summed E-state index contributed by atoms with van der Waals surface area (Å²) in [6.07, 6.45) is 0.907. The summed E-state index contributed by atoms with van der Waals surface area (Å²) in [5, 5.41) is 4.93. The number of nitrogens with zero attached hydrogens (tertiary/aromatic N) is 1. The van der Waals surface area contributed by atoms with E-state index < -0.39 is 17.4 Å². The Morgan fingerprint density at radius 2 is 1.73 bits per heavy atom. The minimum Gasteiger partial charge on any atom is -0.384 e. The first-order valence-electron chi connectivity index (χ1n) is 9.29. The number of carbonyl (C=O) groups is 3. The SMILES string of the molecule is Nc1c2c(cc(=O)n1-c1cccc(NC(=O)CCc3ccccc3)c1)C(=O)NC2=O. The van der Waals surface area contributed by atoms with Gasteiger partial charge in [0.15, 0.2) is 0 Å². The number of aromatic nitrogens is 1. The van der Waals surface area contributed by atoms with E-state index in [-0.39, 0.29) is 22.9 Å². The molecule has 8 nitrogen and oxygen atoms in total. The maximum atomic E-state index is 12.5. The quantitative estimate of drug-likeness (QED) is 0.562. The van der Waals surface area contributed by atoms with E-state index >= 15 is 0 Å². The molecule has 0 unspecified atom stereocenters. The highest BCUT2D eigenvalue weighted by Gasteiger charge is 2.31. The minimum atomic E-state index is -0.648. The van der Waals surface area contributed by atoms with Gasteiger partial charge in [-0.25, -0.2) is 0 Å². The third-order valence-corrected chi connectivity index (χ3v) is 4.83. The van der Waals surface area contributed by atoms with E-state index in [4.69, 9.17) is 5.73 Å². The van der Waals surface area contributed by atoms with Crippen LogP contribution in [0, 0.1) is 0 Å². The van der Waals surface area contributed by atoms with Crippen LogP contribution in [0.1, 0.15) is 32.7 Å². The Labute approximate surface area is 171 Å². The second-order valence-electron chi connectivity index (χ2n) is 6.86. The summed E-state index contributed by atoms with van der Waals surface area (Å²) in [6, 6.07) is 17.3. The summed E-state index contributed by atoms with van der Waals surface area (Å²) in [7, 11) is 0. The molecular weight excluding hydrogens is 384 g/mol. The molecule has 30 heavy (non-hydrogen) atoms. The number of carbonyl (C=O) groups excluding carboxylic acids is 3. The minimum absolute atomic E-state index is 0.0306. The number of rotatable bonds is 5. The van der Waals surface area contributed by atoms with Crippen LogP contribution < -0.4 is 21.9 Å². The Hall–Kier alpha value is -4.20. The van der Waals surface area contributed by atoms with Crippen LogP contribution >= 0.6 is 0 Å². The molecule has 2 heterocycles. The van der Waals surface area contributed by atoms with Crippen LogP contribution in [-0.2, 0) is 11.2 Å². The van der Waals surface area contributed by atoms with Gasteiger partial charge in [-0.3, -0.25) is 29.1 Å². The average Bonchev–Trinajstić information content (AvgIpc) is 3.01. The molecule has 3 aromatic rings. The van der Waals surface area contributed by atoms with Gasteiger partial charge in [0.2, 0.25) is 5.91 Å². The number of fused-ring (bicyclic) bond motifs is 1. The first kappa shape index (κ1) is 19.1. The van der Waals surface area contributed by atoms with Crippen LogP contribution in [0.5, 0.6) is 0 Å². The molecule has 0 saturated carbocycles. The molecule has 1 aliphatic heterocycles. The van der Waals surface area contributed by atoms with Crippen LogP contribution in [0.15, 0.2) is 65.5 Å². The van der Waals surface area contributed by atoms with E-state index in [2.05, 4.69) is 10.6 Å². The third-order valence-electron chi connectivity index (χ3n) is 4.83. The second-order valence-corrected chi connectivity index (χ2v) is 6.86. The molecule has 4 N–H and O–H groups in total. The summed E-state index contributed by atoms with van der Waals surface area (Å²) in [4.78, 5) is 48.6. The number of hydrogen-bond acceptors (Lipinski definition) is 5. The molecule has 0 bridgehead atoms. The smallest absolute Gasteiger partial charge is 0.262 e. The van der Waals surface area contributed by atoms with E-state index in [9.17, 15) is 19.2 Å². The van der Waals surface area contributed by atoms with Gasteiger partial charge in [-0.1, -0.05) is 36.4 Å². The number of pyridine rings is 1. The number of hydrogen-bond donors (Lipinski definition) is 3. The summed E-state index contributed by atoms with van der Waals surface area (Å²) in [5.41, 5.74) is 7.34. The van der Waals surface area contributed by atoms with Crippen LogP contribution in [-0.4, -0.2) is 22.3 Å². The number of amides is 3. The molecule has 4 rings (SSSR count). The predicted molar refractivity (Wildman–Crippen MR) is 112 cm³/mol. The molecule has 0 spiro atoms. The molecule has 0 saturated heterocycles. The van der Waals surface area contributed by atoms with Gasteiger partial charge in [-0.15, -0.1) is 0 Å². The Kier molecular flexibility index (Phi) is 4.89. The van der Waals surface area contributed by atoms with E-state index in [0.29, 0.717) is 24.2 Å². The zero-order chi connectivity index (χ0) is 21.3. The van der Waals surface area contributed by atoms with Crippen LogP contribution in [0.3, 0.4) is 0 Å². The molecule has 0 radical (unpaired) electrons. The topological polar surface area (TPSA) is 123 Å². The number of nitrogens with one attached hydrogen (secondary N) is 2. The number of anilines is 2. The van der Waals surface area contributed by atoms with Crippen molar-refractivity contribution >= 4 is 29.2 Å². The molecule has 3 amide bonds. The first-order chi connectivity index (χ1) is 14.4. The molecule has 0 atom stereocenters. The molecule has 150 valence electrons. The van der Waals surface area contributed by atoms with E-state index in [1.165, 1.54) is 0 Å². The van der Waals surface area contributed by atoms with Gasteiger partial charge in [0.1, 0.15) is 5.82 Å². The molecule has 8 heteroatoms. The van der Waals surface area contributed by atoms with Crippen molar-refractivity contribution in [3.8, 4) is 5.69 Å². The molecule has 1 aromatic heterocycles. The van der Waals surface area contributed by atoms with Crippen molar-refractivity contribution in [2.75, 3.05) is 11.1 Å². The number of aryl methyl sites for hydroxylation is 1. The molecule has 0 fully saturated rings. The molecule has 0 aliphatic carbocycles. The van der Waals surface area contributed by atoms with Crippen LogP contribution in [0.2, 0.25) is 0 Å². The zero-order valence-corrected chi connectivity index (χ0v) is 15.8. The first-order valence-corrected chi connectivity index (χ1v) is 9.29. The van der Waals surface area contributed by atoms with Gasteiger partial charge in [0.05, 0.1) is 16.8 Å². The Balaban J connectivity index is 1.58. The fraction of sp³-hybridized carbons (Fsp3) is 0.0909. The Morgan fingerprint density at radius 1 is 0.967 bits per heavy atom. The van der Waals surface area contributed by atoms with E-state index in [1.807, 2.05) is 30.3 Å². The van der Waals surface area contributed by atoms with Crippen molar-refractivity contribution in [3.63, 3.8) is 0 Å². The van der Waals surface area contributed by atoms with E-state index in [0.717, 1.165) is 16.2 Å². The second kappa shape index (κ2) is 7.67. The lowest BCUT2D eigenvalue weighted by Crippen LogP contribution is -2.24. The maximum absolute atomic E-state index is 12.5. The summed E-state index contributed by atoms with van der Waals surface area (Å²) < 4.78 is 1.14. The monoisotopic (exact) mass is 402 g/mol. The van der Waals surface area contributed by atoms with Gasteiger partial charge in [-0.2, -0.15) is 0 Å². The maximum Gasteiger partial charge on any atom is 0.262 e. The lowest BCUT2D eigenvalue weighted by Gasteiger charge is -2.13. The fourth-order valence-corrected chi connectivity index (χ4v) is 3.39. The lowest BCUT2D eigenvalue weighted by molar-refractivity contribution is -0.116. The van der Waals surface area contributed by atoms with Gasteiger partial charge in [0.25, 0.3) is 17.4 Å². The standard InChI is InChI=1S/C22H18N4O4/c23-20-19-16(21(29)25-22(19)30)12-18(28)26(20)15-8-4-7-14(11-15)24-17(27)10-9-13-5-2-1-3-6-13/h1-8,11-12H,9-10,23H2,(H,24,27)(H,25,29,30). The van der Waals surface area contributed by atoms with Gasteiger partial charge >= 0.3 is 0 Å². The van der Waals surface area contributed by atoms with Crippen LogP contribution in [0.4, 0.5) is 11.5 Å². The highest BCUT2D eigenvalue weighted by molar-refractivity contribution is 6.23. The van der Waals surface area contributed by atoms with Gasteiger partial charge < -0.3 is 11.1 Å². The molecule has 2 aromatic carbocycles. The van der Waals surface area contributed by atoms with Crippen molar-refractivity contribution < 1.29 is 14.4 Å². The normalized spacial score (nSPS) is 12.4. The van der Waals surface area contributed by atoms with Crippen molar-refractivity contribution in [1.82, 2.24) is 9.88 Å². The van der Waals surface area contributed by atoms with Gasteiger partial charge in [-0.05, 0) is 30.2 Å². The number of benzene rings is 2. The predicted octanol–water partition coefficient (Wildman–Crippen LogP) is 1.87. The molecule has 1 aliphatic rings. The zero-order valence-electron chi connectivity index (χ0n) is 15.8.